The number of pyridine rings is 1. The fourth-order valence-corrected chi connectivity index (χ4v) is 3.65. The zero-order chi connectivity index (χ0) is 17.9. The van der Waals surface area contributed by atoms with E-state index in [1.165, 1.54) is 12.3 Å². The van der Waals surface area contributed by atoms with Gasteiger partial charge in [0.25, 0.3) is 0 Å². The molecule has 4 rings (SSSR count). The van der Waals surface area contributed by atoms with Gasteiger partial charge >= 0.3 is 5.97 Å². The lowest BCUT2D eigenvalue weighted by Gasteiger charge is -2.48. The minimum Gasteiger partial charge on any atom is -0.477 e. The van der Waals surface area contributed by atoms with Crippen LogP contribution < -0.4 is 15.6 Å². The molecule has 132 valence electrons. The molecule has 7 heteroatoms. The Morgan fingerprint density at radius 1 is 1.36 bits per heavy atom. The lowest BCUT2D eigenvalue weighted by atomic mass is 9.96. The van der Waals surface area contributed by atoms with Crippen molar-refractivity contribution >= 4 is 22.6 Å². The predicted octanol–water partition coefficient (Wildman–Crippen LogP) is 1.97. The molecular weight excluding hydrogens is 325 g/mol. The van der Waals surface area contributed by atoms with Crippen molar-refractivity contribution in [2.45, 2.75) is 37.9 Å². The van der Waals surface area contributed by atoms with Gasteiger partial charge in [0.15, 0.2) is 0 Å². The summed E-state index contributed by atoms with van der Waals surface area (Å²) in [7, 11) is 1.88. The minimum atomic E-state index is -1.28. The molecule has 1 aromatic heterocycles. The van der Waals surface area contributed by atoms with Crippen LogP contribution in [0.1, 0.15) is 36.2 Å². The second kappa shape index (κ2) is 5.56. The molecule has 2 atom stereocenters. The highest BCUT2D eigenvalue weighted by Gasteiger charge is 2.36. The summed E-state index contributed by atoms with van der Waals surface area (Å²) in [5.74, 6) is -1.77. The predicted molar refractivity (Wildman–Crippen MR) is 93.1 cm³/mol. The number of fused-ring (bicyclic) bond motifs is 1. The van der Waals surface area contributed by atoms with E-state index in [0.717, 1.165) is 12.8 Å². The first-order valence-corrected chi connectivity index (χ1v) is 8.48. The third-order valence-electron chi connectivity index (χ3n) is 5.42. The van der Waals surface area contributed by atoms with Gasteiger partial charge in [-0.05, 0) is 38.9 Å². The Labute approximate surface area is 143 Å². The monoisotopic (exact) mass is 345 g/mol. The van der Waals surface area contributed by atoms with Gasteiger partial charge in [-0.15, -0.1) is 0 Å². The number of nitrogens with one attached hydrogen (secondary N) is 1. The second-order valence-corrected chi connectivity index (χ2v) is 6.92. The van der Waals surface area contributed by atoms with Crippen LogP contribution in [0.5, 0.6) is 0 Å². The maximum Gasteiger partial charge on any atom is 0.341 e. The molecule has 1 saturated carbocycles. The first-order chi connectivity index (χ1) is 11.9. The maximum absolute atomic E-state index is 14.7. The summed E-state index contributed by atoms with van der Waals surface area (Å²) in [6.45, 7) is 2.72. The SMILES string of the molecule is CN[C@@H]1CN(c2cc3c(cc2F)c(=O)c(C(=O)O)cn3C2CC2)[C@H]1C. The van der Waals surface area contributed by atoms with Crippen LogP contribution in [0.4, 0.5) is 10.1 Å². The molecule has 1 aromatic carbocycles. The molecule has 2 aliphatic rings. The largest absolute Gasteiger partial charge is 0.477 e. The highest BCUT2D eigenvalue weighted by atomic mass is 19.1. The van der Waals surface area contributed by atoms with Gasteiger partial charge in [-0.3, -0.25) is 4.79 Å². The Morgan fingerprint density at radius 3 is 2.64 bits per heavy atom. The number of halogens is 1. The lowest BCUT2D eigenvalue weighted by molar-refractivity contribution is 0.0695. The summed E-state index contributed by atoms with van der Waals surface area (Å²) < 4.78 is 16.5. The quantitative estimate of drug-likeness (QED) is 0.886. The molecule has 2 N–H and O–H groups in total. The maximum atomic E-state index is 14.7. The Bertz CT molecular complexity index is 935. The Kier molecular flexibility index (Phi) is 3.57. The third kappa shape index (κ3) is 2.41. The van der Waals surface area contributed by atoms with Gasteiger partial charge in [-0.2, -0.15) is 0 Å². The molecule has 1 aliphatic carbocycles. The first-order valence-electron chi connectivity index (χ1n) is 8.48. The van der Waals surface area contributed by atoms with Crippen molar-refractivity contribution in [3.05, 3.63) is 39.9 Å². The molecule has 0 bridgehead atoms. The van der Waals surface area contributed by atoms with Gasteiger partial charge in [0.2, 0.25) is 5.43 Å². The van der Waals surface area contributed by atoms with Gasteiger partial charge < -0.3 is 19.9 Å². The van der Waals surface area contributed by atoms with E-state index in [0.29, 0.717) is 23.8 Å². The molecule has 6 nitrogen and oxygen atoms in total. The van der Waals surface area contributed by atoms with E-state index in [-0.39, 0.29) is 23.0 Å². The average molecular weight is 345 g/mol. The van der Waals surface area contributed by atoms with E-state index in [2.05, 4.69) is 5.32 Å². The molecule has 0 spiro atoms. The molecular formula is C18H20FN3O3. The number of aromatic carboxylic acids is 1. The van der Waals surface area contributed by atoms with Crippen molar-refractivity contribution in [3.8, 4) is 0 Å². The molecule has 25 heavy (non-hydrogen) atoms. The summed E-state index contributed by atoms with van der Waals surface area (Å²) in [6, 6.07) is 3.51. The van der Waals surface area contributed by atoms with E-state index in [9.17, 15) is 19.1 Å². The van der Waals surface area contributed by atoms with E-state index in [1.54, 1.807) is 6.07 Å². The topological polar surface area (TPSA) is 74.6 Å². The van der Waals surface area contributed by atoms with Crippen molar-refractivity contribution in [3.63, 3.8) is 0 Å². The number of likely N-dealkylation sites (N-methyl/N-ethyl adjacent to an activating group) is 1. The number of carboxylic acids is 1. The van der Waals surface area contributed by atoms with Crippen LogP contribution >= 0.6 is 0 Å². The summed E-state index contributed by atoms with van der Waals surface area (Å²) >= 11 is 0. The van der Waals surface area contributed by atoms with Crippen LogP contribution in [0.2, 0.25) is 0 Å². The van der Waals surface area contributed by atoms with Gasteiger partial charge in [0.1, 0.15) is 11.4 Å². The number of nitrogens with zero attached hydrogens (tertiary/aromatic N) is 2. The van der Waals surface area contributed by atoms with Gasteiger partial charge in [-0.1, -0.05) is 0 Å². The number of aromatic nitrogens is 1. The van der Waals surface area contributed by atoms with Crippen molar-refractivity contribution in [1.29, 1.82) is 0 Å². The summed E-state index contributed by atoms with van der Waals surface area (Å²) in [6.07, 6.45) is 3.28. The van der Waals surface area contributed by atoms with Crippen molar-refractivity contribution < 1.29 is 14.3 Å². The number of rotatable bonds is 4. The fraction of sp³-hybridized carbons (Fsp3) is 0.444. The Morgan fingerprint density at radius 2 is 2.08 bits per heavy atom. The van der Waals surface area contributed by atoms with Crippen LogP contribution in [-0.2, 0) is 0 Å². The Balaban J connectivity index is 1.90. The van der Waals surface area contributed by atoms with Crippen molar-refractivity contribution in [1.82, 2.24) is 9.88 Å². The molecule has 2 heterocycles. The summed E-state index contributed by atoms with van der Waals surface area (Å²) in [5.41, 5.74) is 0.131. The zero-order valence-corrected chi connectivity index (χ0v) is 14.1. The lowest BCUT2D eigenvalue weighted by Crippen LogP contribution is -2.64. The second-order valence-electron chi connectivity index (χ2n) is 6.92. The number of hydrogen-bond donors (Lipinski definition) is 2. The van der Waals surface area contributed by atoms with E-state index < -0.39 is 17.2 Å². The van der Waals surface area contributed by atoms with Crippen LogP contribution in [0.15, 0.2) is 23.1 Å². The zero-order valence-electron chi connectivity index (χ0n) is 14.1. The number of hydrogen-bond acceptors (Lipinski definition) is 4. The highest BCUT2D eigenvalue weighted by molar-refractivity contribution is 5.93. The molecule has 2 aromatic rings. The van der Waals surface area contributed by atoms with E-state index in [4.69, 9.17) is 0 Å². The van der Waals surface area contributed by atoms with Crippen LogP contribution in [0.3, 0.4) is 0 Å². The summed E-state index contributed by atoms with van der Waals surface area (Å²) in [5, 5.41) is 12.6. The van der Waals surface area contributed by atoms with Gasteiger partial charge in [0.05, 0.1) is 11.2 Å². The Hall–Kier alpha value is -2.41. The standard InChI is InChI=1S/C18H20FN3O3/c1-9-14(20-2)8-21(9)16-6-15-11(5-13(16)19)17(23)12(18(24)25)7-22(15)10-3-4-10/h5-7,9-10,14,20H,3-4,8H2,1-2H3,(H,24,25)/t9-,14+/m0/s1. The normalized spacial score (nSPS) is 22.9. The van der Waals surface area contributed by atoms with E-state index >= 15 is 0 Å². The number of carboxylic acid groups (broad SMARTS) is 1. The molecule has 0 amide bonds. The molecule has 0 unspecified atom stereocenters. The van der Waals surface area contributed by atoms with Crippen LogP contribution in [0, 0.1) is 5.82 Å². The highest BCUT2D eigenvalue weighted by Crippen LogP contribution is 2.39. The van der Waals surface area contributed by atoms with E-state index in [1.807, 2.05) is 23.4 Å². The van der Waals surface area contributed by atoms with Crippen LogP contribution in [-0.4, -0.2) is 41.3 Å². The van der Waals surface area contributed by atoms with Crippen LogP contribution in [0.25, 0.3) is 10.9 Å². The molecule has 0 radical (unpaired) electrons. The van der Waals surface area contributed by atoms with Gasteiger partial charge in [0, 0.05) is 36.3 Å². The number of carbonyl (C=O) groups is 1. The molecule has 1 aliphatic heterocycles. The minimum absolute atomic E-state index is 0.131. The smallest absolute Gasteiger partial charge is 0.341 e. The first kappa shape index (κ1) is 16.1. The number of benzene rings is 1. The summed E-state index contributed by atoms with van der Waals surface area (Å²) in [4.78, 5) is 25.8. The average Bonchev–Trinajstić information content (AvgIpc) is 3.40. The number of anilines is 1. The van der Waals surface area contributed by atoms with Crippen molar-refractivity contribution in [2.75, 3.05) is 18.5 Å². The molecule has 2 fully saturated rings. The van der Waals surface area contributed by atoms with Crippen molar-refractivity contribution in [2.24, 2.45) is 0 Å². The van der Waals surface area contributed by atoms with Gasteiger partial charge in [-0.25, -0.2) is 9.18 Å². The third-order valence-corrected chi connectivity index (χ3v) is 5.42. The fourth-order valence-electron chi connectivity index (χ4n) is 3.65. The molecule has 1 saturated heterocycles.